The van der Waals surface area contributed by atoms with Gasteiger partial charge in [0.05, 0.1) is 22.9 Å². The minimum absolute atomic E-state index is 0.140. The number of hydrogen-bond acceptors (Lipinski definition) is 7. The molecule has 0 bridgehead atoms. The summed E-state index contributed by atoms with van der Waals surface area (Å²) in [4.78, 5) is 11.0. The van der Waals surface area contributed by atoms with Gasteiger partial charge in [0.1, 0.15) is 12.0 Å². The van der Waals surface area contributed by atoms with E-state index < -0.39 is 10.0 Å². The number of nitrogens with zero attached hydrogens (tertiary/aromatic N) is 5. The Labute approximate surface area is 169 Å². The van der Waals surface area contributed by atoms with E-state index in [4.69, 9.17) is 4.52 Å². The first-order valence-corrected chi connectivity index (χ1v) is 11.6. The zero-order valence-corrected chi connectivity index (χ0v) is 18.0. The van der Waals surface area contributed by atoms with Crippen molar-refractivity contribution >= 4 is 27.3 Å². The largest absolute Gasteiger partial charge is 0.364 e. The molecule has 11 heteroatoms. The lowest BCUT2D eigenvalue weighted by Gasteiger charge is -2.35. The van der Waals surface area contributed by atoms with Gasteiger partial charge in [-0.25, -0.2) is 13.4 Å². The molecular formula is C17H26N6O3S2. The van der Waals surface area contributed by atoms with E-state index in [-0.39, 0.29) is 5.75 Å². The van der Waals surface area contributed by atoms with Crippen molar-refractivity contribution in [1.82, 2.24) is 24.7 Å². The number of thiazole rings is 1. The van der Waals surface area contributed by atoms with E-state index in [1.54, 1.807) is 24.5 Å². The average Bonchev–Trinajstić information content (AvgIpc) is 3.34. The number of rotatable bonds is 6. The Morgan fingerprint density at radius 3 is 2.64 bits per heavy atom. The normalized spacial score (nSPS) is 16.7. The summed E-state index contributed by atoms with van der Waals surface area (Å²) in [5.41, 5.74) is 1.41. The van der Waals surface area contributed by atoms with E-state index in [1.807, 2.05) is 0 Å². The summed E-state index contributed by atoms with van der Waals surface area (Å²) in [6.07, 6.45) is 1.38. The van der Waals surface area contributed by atoms with Gasteiger partial charge in [0, 0.05) is 50.6 Å². The summed E-state index contributed by atoms with van der Waals surface area (Å²) >= 11 is 1.67. The van der Waals surface area contributed by atoms with Crippen molar-refractivity contribution in [1.29, 1.82) is 0 Å². The number of aromatic nitrogens is 2. The highest BCUT2D eigenvalue weighted by Crippen LogP contribution is 2.19. The van der Waals surface area contributed by atoms with Gasteiger partial charge < -0.3 is 14.7 Å². The van der Waals surface area contributed by atoms with Gasteiger partial charge in [-0.15, -0.1) is 11.3 Å². The Morgan fingerprint density at radius 2 is 2.07 bits per heavy atom. The van der Waals surface area contributed by atoms with Gasteiger partial charge in [0.25, 0.3) is 0 Å². The lowest BCUT2D eigenvalue weighted by molar-refractivity contribution is 0.259. The number of hydrogen-bond donors (Lipinski definition) is 1. The molecule has 3 heterocycles. The minimum atomic E-state index is -3.41. The number of nitrogens with one attached hydrogen (secondary N) is 1. The van der Waals surface area contributed by atoms with Crippen LogP contribution in [-0.2, 0) is 22.3 Å². The third kappa shape index (κ3) is 5.09. The lowest BCUT2D eigenvalue weighted by atomic mass is 10.2. The van der Waals surface area contributed by atoms with Crippen molar-refractivity contribution in [2.24, 2.45) is 4.99 Å². The molecule has 1 aliphatic heterocycles. The van der Waals surface area contributed by atoms with Crippen LogP contribution in [0.5, 0.6) is 0 Å². The highest BCUT2D eigenvalue weighted by molar-refractivity contribution is 7.88. The van der Waals surface area contributed by atoms with Crippen molar-refractivity contribution in [3.8, 4) is 0 Å². The monoisotopic (exact) mass is 426 g/mol. The second kappa shape index (κ2) is 9.01. The van der Waals surface area contributed by atoms with Crippen LogP contribution in [0.15, 0.2) is 27.2 Å². The Hall–Kier alpha value is -1.98. The fourth-order valence-electron chi connectivity index (χ4n) is 2.94. The first-order valence-electron chi connectivity index (χ1n) is 9.16. The van der Waals surface area contributed by atoms with E-state index in [9.17, 15) is 8.42 Å². The van der Waals surface area contributed by atoms with E-state index >= 15 is 0 Å². The maximum Gasteiger partial charge on any atom is 0.220 e. The van der Waals surface area contributed by atoms with Gasteiger partial charge in [-0.1, -0.05) is 19.0 Å². The summed E-state index contributed by atoms with van der Waals surface area (Å²) in [6.45, 7) is 6.83. The topological polar surface area (TPSA) is 104 Å². The van der Waals surface area contributed by atoms with Gasteiger partial charge in [-0.05, 0) is 0 Å². The molecule has 1 aliphatic rings. The van der Waals surface area contributed by atoms with Crippen molar-refractivity contribution in [2.75, 3.05) is 33.2 Å². The van der Waals surface area contributed by atoms with Crippen LogP contribution in [0.3, 0.4) is 0 Å². The zero-order valence-electron chi connectivity index (χ0n) is 16.3. The lowest BCUT2D eigenvalue weighted by Crippen LogP contribution is -2.53. The van der Waals surface area contributed by atoms with Crippen molar-refractivity contribution < 1.29 is 12.9 Å². The third-order valence-electron chi connectivity index (χ3n) is 4.46. The van der Waals surface area contributed by atoms with Crippen LogP contribution in [0, 0.1) is 0 Å². The number of aliphatic imine (C=N–C) groups is 1. The Bertz CT molecular complexity index is 884. The Morgan fingerprint density at radius 1 is 1.32 bits per heavy atom. The first kappa shape index (κ1) is 20.7. The second-order valence-electron chi connectivity index (χ2n) is 6.87. The van der Waals surface area contributed by atoms with Crippen LogP contribution in [-0.4, -0.2) is 66.9 Å². The quantitative estimate of drug-likeness (QED) is 0.551. The molecule has 3 rings (SSSR count). The van der Waals surface area contributed by atoms with E-state index in [2.05, 4.69) is 44.6 Å². The molecule has 9 nitrogen and oxygen atoms in total. The second-order valence-corrected chi connectivity index (χ2v) is 9.72. The average molecular weight is 427 g/mol. The highest BCUT2D eigenvalue weighted by Gasteiger charge is 2.29. The molecule has 0 aliphatic carbocycles. The molecule has 0 amide bonds. The minimum Gasteiger partial charge on any atom is -0.364 e. The van der Waals surface area contributed by atoms with E-state index in [0.717, 1.165) is 16.7 Å². The molecule has 0 spiro atoms. The van der Waals surface area contributed by atoms with Crippen molar-refractivity contribution in [2.45, 2.75) is 32.1 Å². The molecule has 2 aromatic rings. The van der Waals surface area contributed by atoms with Crippen LogP contribution >= 0.6 is 11.3 Å². The Balaban J connectivity index is 1.52. The highest BCUT2D eigenvalue weighted by atomic mass is 32.2. The molecule has 1 N–H and O–H groups in total. The number of sulfonamides is 1. The fourth-order valence-corrected chi connectivity index (χ4v) is 5.20. The van der Waals surface area contributed by atoms with Gasteiger partial charge in [0.2, 0.25) is 10.0 Å². The van der Waals surface area contributed by atoms with Crippen LogP contribution in [0.2, 0.25) is 0 Å². The van der Waals surface area contributed by atoms with Crippen LogP contribution in [0.25, 0.3) is 0 Å². The van der Waals surface area contributed by atoms with Crippen molar-refractivity contribution in [3.05, 3.63) is 34.1 Å². The zero-order chi connectivity index (χ0) is 20.1. The van der Waals surface area contributed by atoms with Gasteiger partial charge in [0.15, 0.2) is 5.96 Å². The molecule has 0 unspecified atom stereocenters. The number of guanidine groups is 1. The SMILES string of the molecule is CN=C(NCc1csc(C(C)C)n1)N1CCN(S(=O)(=O)Cc2ccon2)CC1. The van der Waals surface area contributed by atoms with E-state index in [0.29, 0.717) is 44.3 Å². The molecular weight excluding hydrogens is 400 g/mol. The van der Waals surface area contributed by atoms with Crippen molar-refractivity contribution in [3.63, 3.8) is 0 Å². The molecule has 0 radical (unpaired) electrons. The third-order valence-corrected chi connectivity index (χ3v) is 7.46. The molecule has 1 fully saturated rings. The molecule has 0 atom stereocenters. The van der Waals surface area contributed by atoms with Crippen LogP contribution in [0.4, 0.5) is 0 Å². The molecule has 2 aromatic heterocycles. The van der Waals surface area contributed by atoms with Gasteiger partial charge >= 0.3 is 0 Å². The predicted molar refractivity (Wildman–Crippen MR) is 109 cm³/mol. The smallest absolute Gasteiger partial charge is 0.220 e. The molecule has 0 aromatic carbocycles. The maximum atomic E-state index is 12.5. The molecule has 154 valence electrons. The summed E-state index contributed by atoms with van der Waals surface area (Å²) in [5.74, 6) is 1.04. The maximum absolute atomic E-state index is 12.5. The predicted octanol–water partition coefficient (Wildman–Crippen LogP) is 1.48. The standard InChI is InChI=1S/C17H26N6O3S2/c1-13(2)16-20-15(11-27-16)10-19-17(18-3)22-5-7-23(8-6-22)28(24,25)12-14-4-9-26-21-14/h4,9,11,13H,5-8,10,12H2,1-3H3,(H,18,19). The summed E-state index contributed by atoms with van der Waals surface area (Å²) < 4.78 is 31.3. The first-order chi connectivity index (χ1) is 13.4. The van der Waals surface area contributed by atoms with Crippen LogP contribution in [0.1, 0.15) is 36.2 Å². The molecule has 1 saturated heterocycles. The summed E-state index contributed by atoms with van der Waals surface area (Å²) in [7, 11) is -1.67. The van der Waals surface area contributed by atoms with E-state index in [1.165, 1.54) is 10.6 Å². The summed E-state index contributed by atoms with van der Waals surface area (Å²) in [6, 6.07) is 1.57. The fraction of sp³-hybridized carbons (Fsp3) is 0.588. The van der Waals surface area contributed by atoms with Gasteiger partial charge in [-0.3, -0.25) is 4.99 Å². The molecule has 0 saturated carbocycles. The summed E-state index contributed by atoms with van der Waals surface area (Å²) in [5, 5.41) is 10.2. The molecule has 28 heavy (non-hydrogen) atoms. The van der Waals surface area contributed by atoms with Gasteiger partial charge in [-0.2, -0.15) is 4.31 Å². The number of piperazine rings is 1. The Kier molecular flexibility index (Phi) is 6.68. The van der Waals surface area contributed by atoms with Crippen LogP contribution < -0.4 is 5.32 Å².